The maximum atomic E-state index is 12.6. The number of halogens is 1. The second kappa shape index (κ2) is 9.12. The molecule has 0 bridgehead atoms. The van der Waals surface area contributed by atoms with E-state index in [9.17, 15) is 18.0 Å². The summed E-state index contributed by atoms with van der Waals surface area (Å²) in [4.78, 5) is 24.0. The molecule has 0 radical (unpaired) electrons. The standard InChI is InChI=1S/C20H17ClN2O6S/c1-28-20(25)14-4-2-5-15(10-14)23-19(24)13-7-8-17(21)18(11-13)30(26,27)22-12-16-6-3-9-29-16/h2-11,22H,12H2,1H3,(H,23,24). The predicted octanol–water partition coefficient (Wildman–Crippen LogP) is 3.45. The Morgan fingerprint density at radius 3 is 2.57 bits per heavy atom. The number of sulfonamides is 1. The third-order valence-electron chi connectivity index (χ3n) is 4.04. The minimum Gasteiger partial charge on any atom is -0.468 e. The van der Waals surface area contributed by atoms with Crippen LogP contribution in [0.2, 0.25) is 5.02 Å². The average Bonchev–Trinajstić information content (AvgIpc) is 3.26. The van der Waals surface area contributed by atoms with Gasteiger partial charge in [0.25, 0.3) is 5.91 Å². The van der Waals surface area contributed by atoms with Gasteiger partial charge in [-0.25, -0.2) is 17.9 Å². The van der Waals surface area contributed by atoms with E-state index in [-0.39, 0.29) is 27.6 Å². The Hall–Kier alpha value is -3.14. The minimum absolute atomic E-state index is 0.0359. The first-order valence-electron chi connectivity index (χ1n) is 8.61. The molecule has 2 N–H and O–H groups in total. The monoisotopic (exact) mass is 448 g/mol. The van der Waals surface area contributed by atoms with Crippen LogP contribution in [0, 0.1) is 0 Å². The van der Waals surface area contributed by atoms with E-state index in [0.29, 0.717) is 11.4 Å². The Morgan fingerprint density at radius 1 is 1.07 bits per heavy atom. The second-order valence-corrected chi connectivity index (χ2v) is 8.22. The summed E-state index contributed by atoms with van der Waals surface area (Å²) in [7, 11) is -2.75. The molecule has 1 heterocycles. The van der Waals surface area contributed by atoms with Gasteiger partial charge in [0.2, 0.25) is 10.0 Å². The number of hydrogen-bond donors (Lipinski definition) is 2. The topological polar surface area (TPSA) is 115 Å². The Kier molecular flexibility index (Phi) is 6.56. The number of furan rings is 1. The summed E-state index contributed by atoms with van der Waals surface area (Å²) in [6.45, 7) is -0.0671. The molecular weight excluding hydrogens is 432 g/mol. The van der Waals surface area contributed by atoms with Gasteiger partial charge in [-0.15, -0.1) is 0 Å². The first-order valence-corrected chi connectivity index (χ1v) is 10.5. The normalized spacial score (nSPS) is 11.1. The third kappa shape index (κ3) is 5.07. The zero-order valence-electron chi connectivity index (χ0n) is 15.7. The van der Waals surface area contributed by atoms with Crippen LogP contribution >= 0.6 is 11.6 Å². The first kappa shape index (κ1) is 21.6. The average molecular weight is 449 g/mol. The molecule has 0 spiro atoms. The number of amides is 1. The summed E-state index contributed by atoms with van der Waals surface area (Å²) < 4.78 is 37.4. The summed E-state index contributed by atoms with van der Waals surface area (Å²) >= 11 is 6.05. The van der Waals surface area contributed by atoms with Crippen molar-refractivity contribution in [1.29, 1.82) is 0 Å². The lowest BCUT2D eigenvalue weighted by Crippen LogP contribution is -2.24. The van der Waals surface area contributed by atoms with Crippen LogP contribution in [0.1, 0.15) is 26.5 Å². The highest BCUT2D eigenvalue weighted by molar-refractivity contribution is 7.89. The SMILES string of the molecule is COC(=O)c1cccc(NC(=O)c2ccc(Cl)c(S(=O)(=O)NCc3ccco3)c2)c1. The lowest BCUT2D eigenvalue weighted by Gasteiger charge is -2.11. The van der Waals surface area contributed by atoms with Gasteiger partial charge in [-0.05, 0) is 48.5 Å². The molecule has 0 aliphatic heterocycles. The van der Waals surface area contributed by atoms with Gasteiger partial charge in [-0.1, -0.05) is 17.7 Å². The van der Waals surface area contributed by atoms with E-state index in [4.69, 9.17) is 16.0 Å². The Labute approximate surface area is 177 Å². The molecule has 156 valence electrons. The van der Waals surface area contributed by atoms with Crippen molar-refractivity contribution in [2.75, 3.05) is 12.4 Å². The molecule has 3 rings (SSSR count). The Balaban J connectivity index is 1.80. The number of hydrogen-bond acceptors (Lipinski definition) is 6. The molecule has 0 atom stereocenters. The van der Waals surface area contributed by atoms with Crippen molar-refractivity contribution in [2.45, 2.75) is 11.4 Å². The van der Waals surface area contributed by atoms with Crippen LogP contribution in [0.3, 0.4) is 0 Å². The molecule has 8 nitrogen and oxygen atoms in total. The van der Waals surface area contributed by atoms with Crippen LogP contribution in [-0.2, 0) is 21.3 Å². The largest absolute Gasteiger partial charge is 0.468 e. The van der Waals surface area contributed by atoms with Crippen LogP contribution in [0.4, 0.5) is 5.69 Å². The van der Waals surface area contributed by atoms with E-state index in [1.807, 2.05) is 0 Å². The zero-order valence-corrected chi connectivity index (χ0v) is 17.3. The summed E-state index contributed by atoms with van der Waals surface area (Å²) in [5.41, 5.74) is 0.677. The number of anilines is 1. The predicted molar refractivity (Wildman–Crippen MR) is 110 cm³/mol. The van der Waals surface area contributed by atoms with Gasteiger partial charge in [-0.2, -0.15) is 0 Å². The quantitative estimate of drug-likeness (QED) is 0.535. The van der Waals surface area contributed by atoms with Gasteiger partial charge in [0.1, 0.15) is 10.7 Å². The van der Waals surface area contributed by atoms with Crippen molar-refractivity contribution in [3.8, 4) is 0 Å². The molecule has 3 aromatic rings. The van der Waals surface area contributed by atoms with Crippen molar-refractivity contribution in [2.24, 2.45) is 0 Å². The number of rotatable bonds is 7. The molecule has 30 heavy (non-hydrogen) atoms. The van der Waals surface area contributed by atoms with Crippen molar-refractivity contribution >= 4 is 39.2 Å². The van der Waals surface area contributed by atoms with Gasteiger partial charge >= 0.3 is 5.97 Å². The number of carbonyl (C=O) groups is 2. The van der Waals surface area contributed by atoms with E-state index in [1.165, 1.54) is 37.6 Å². The maximum absolute atomic E-state index is 12.6. The van der Waals surface area contributed by atoms with Crippen LogP contribution in [0.5, 0.6) is 0 Å². The van der Waals surface area contributed by atoms with Gasteiger partial charge < -0.3 is 14.5 Å². The van der Waals surface area contributed by atoms with Crippen LogP contribution in [-0.4, -0.2) is 27.4 Å². The van der Waals surface area contributed by atoms with E-state index in [0.717, 1.165) is 0 Å². The Bertz CT molecular complexity index is 1180. The summed E-state index contributed by atoms with van der Waals surface area (Å²) in [6, 6.07) is 13.3. The maximum Gasteiger partial charge on any atom is 0.337 e. The number of ether oxygens (including phenoxy) is 1. The molecular formula is C20H17ClN2O6S. The number of benzene rings is 2. The van der Waals surface area contributed by atoms with Gasteiger partial charge in [0.15, 0.2) is 0 Å². The molecule has 0 aliphatic carbocycles. The van der Waals surface area contributed by atoms with Gasteiger partial charge in [0.05, 0.1) is 30.5 Å². The summed E-state index contributed by atoms with van der Waals surface area (Å²) in [5, 5.41) is 2.57. The van der Waals surface area contributed by atoms with E-state index >= 15 is 0 Å². The number of nitrogens with one attached hydrogen (secondary N) is 2. The molecule has 1 aromatic heterocycles. The smallest absolute Gasteiger partial charge is 0.337 e. The highest BCUT2D eigenvalue weighted by Gasteiger charge is 2.21. The van der Waals surface area contributed by atoms with Crippen molar-refractivity contribution in [3.05, 3.63) is 82.8 Å². The lowest BCUT2D eigenvalue weighted by atomic mass is 10.1. The Morgan fingerprint density at radius 2 is 1.87 bits per heavy atom. The molecule has 0 saturated heterocycles. The van der Waals surface area contributed by atoms with Gasteiger partial charge in [-0.3, -0.25) is 4.79 Å². The molecule has 10 heteroatoms. The minimum atomic E-state index is -4.00. The lowest BCUT2D eigenvalue weighted by molar-refractivity contribution is 0.0600. The highest BCUT2D eigenvalue weighted by atomic mass is 35.5. The molecule has 0 aliphatic rings. The van der Waals surface area contributed by atoms with Gasteiger partial charge in [0, 0.05) is 11.3 Å². The number of methoxy groups -OCH3 is 1. The fourth-order valence-corrected chi connectivity index (χ4v) is 4.07. The fraction of sp³-hybridized carbons (Fsp3) is 0.100. The molecule has 0 fully saturated rings. The third-order valence-corrected chi connectivity index (χ3v) is 5.92. The van der Waals surface area contributed by atoms with E-state index in [1.54, 1.807) is 30.3 Å². The molecule has 0 saturated carbocycles. The van der Waals surface area contributed by atoms with Crippen LogP contribution in [0.25, 0.3) is 0 Å². The van der Waals surface area contributed by atoms with Crippen LogP contribution < -0.4 is 10.0 Å². The number of esters is 1. The highest BCUT2D eigenvalue weighted by Crippen LogP contribution is 2.24. The van der Waals surface area contributed by atoms with Crippen LogP contribution in [0.15, 0.2) is 70.2 Å². The van der Waals surface area contributed by atoms with E-state index < -0.39 is 21.9 Å². The van der Waals surface area contributed by atoms with Crippen molar-refractivity contribution < 1.29 is 27.2 Å². The summed E-state index contributed by atoms with van der Waals surface area (Å²) in [5.74, 6) is -0.696. The first-order chi connectivity index (χ1) is 14.3. The molecule has 1 amide bonds. The van der Waals surface area contributed by atoms with Crippen molar-refractivity contribution in [1.82, 2.24) is 4.72 Å². The fourth-order valence-electron chi connectivity index (χ4n) is 2.55. The van der Waals surface area contributed by atoms with Crippen molar-refractivity contribution in [3.63, 3.8) is 0 Å². The summed E-state index contributed by atoms with van der Waals surface area (Å²) in [6.07, 6.45) is 1.43. The second-order valence-electron chi connectivity index (χ2n) is 6.08. The molecule has 0 unspecified atom stereocenters. The zero-order chi connectivity index (χ0) is 21.7. The van der Waals surface area contributed by atoms with E-state index in [2.05, 4.69) is 14.8 Å². The molecule has 2 aromatic carbocycles. The number of carbonyl (C=O) groups excluding carboxylic acids is 2.